The summed E-state index contributed by atoms with van der Waals surface area (Å²) in [6.45, 7) is 4.52. The zero-order valence-electron chi connectivity index (χ0n) is 12.5. The molecule has 1 aliphatic carbocycles. The van der Waals surface area contributed by atoms with Crippen molar-refractivity contribution in [2.24, 2.45) is 0 Å². The normalized spacial score (nSPS) is 25.0. The summed E-state index contributed by atoms with van der Waals surface area (Å²) in [6, 6.07) is 9.52. The van der Waals surface area contributed by atoms with Gasteiger partial charge in [-0.25, -0.2) is 0 Å². The molecule has 1 N–H and O–H groups in total. The number of benzene rings is 1. The largest absolute Gasteiger partial charge is 0.382 e. The lowest BCUT2D eigenvalue weighted by Gasteiger charge is -2.29. The van der Waals surface area contributed by atoms with Crippen molar-refractivity contribution in [1.82, 2.24) is 0 Å². The van der Waals surface area contributed by atoms with E-state index < -0.39 is 0 Å². The molecule has 19 heavy (non-hydrogen) atoms. The molecular formula is C17H27NO. The number of rotatable bonds is 5. The Bertz CT molecular complexity index is 373. The van der Waals surface area contributed by atoms with Crippen LogP contribution in [0.1, 0.15) is 57.4 Å². The second-order valence-electron chi connectivity index (χ2n) is 5.80. The average molecular weight is 261 g/mol. The van der Waals surface area contributed by atoms with Crippen LogP contribution in [0.5, 0.6) is 0 Å². The van der Waals surface area contributed by atoms with Crippen molar-refractivity contribution in [2.75, 3.05) is 12.4 Å². The zero-order chi connectivity index (χ0) is 13.7. The van der Waals surface area contributed by atoms with Crippen LogP contribution in [0.15, 0.2) is 24.3 Å². The minimum atomic E-state index is 0.436. The van der Waals surface area contributed by atoms with E-state index in [1.807, 2.05) is 7.11 Å². The van der Waals surface area contributed by atoms with E-state index in [-0.39, 0.29) is 0 Å². The first kappa shape index (κ1) is 14.4. The first-order valence-corrected chi connectivity index (χ1v) is 7.62. The van der Waals surface area contributed by atoms with Gasteiger partial charge in [-0.15, -0.1) is 0 Å². The summed E-state index contributed by atoms with van der Waals surface area (Å²) >= 11 is 0. The Morgan fingerprint density at radius 1 is 1.26 bits per heavy atom. The molecule has 1 aromatic carbocycles. The lowest BCUT2D eigenvalue weighted by molar-refractivity contribution is 0.0669. The van der Waals surface area contributed by atoms with Gasteiger partial charge in [0.1, 0.15) is 0 Å². The molecule has 0 saturated heterocycles. The Morgan fingerprint density at radius 3 is 2.63 bits per heavy atom. The molecule has 0 aliphatic heterocycles. The molecule has 0 spiro atoms. The average Bonchev–Trinajstić information content (AvgIpc) is 2.47. The smallest absolute Gasteiger partial charge is 0.0590 e. The van der Waals surface area contributed by atoms with Crippen LogP contribution in [0.4, 0.5) is 5.69 Å². The van der Waals surface area contributed by atoms with Crippen LogP contribution in [-0.2, 0) is 4.74 Å². The van der Waals surface area contributed by atoms with Gasteiger partial charge in [-0.2, -0.15) is 0 Å². The molecule has 2 heteroatoms. The van der Waals surface area contributed by atoms with Crippen LogP contribution in [0.3, 0.4) is 0 Å². The van der Waals surface area contributed by atoms with Gasteiger partial charge >= 0.3 is 0 Å². The van der Waals surface area contributed by atoms with Crippen LogP contribution in [0, 0.1) is 0 Å². The van der Waals surface area contributed by atoms with Crippen molar-refractivity contribution >= 4 is 5.69 Å². The second kappa shape index (κ2) is 6.95. The van der Waals surface area contributed by atoms with Crippen LogP contribution in [-0.4, -0.2) is 19.3 Å². The summed E-state index contributed by atoms with van der Waals surface area (Å²) < 4.78 is 5.48. The van der Waals surface area contributed by atoms with Crippen LogP contribution in [0.25, 0.3) is 0 Å². The van der Waals surface area contributed by atoms with Crippen molar-refractivity contribution in [3.63, 3.8) is 0 Å². The summed E-state index contributed by atoms with van der Waals surface area (Å²) in [7, 11) is 1.83. The molecule has 1 aromatic rings. The molecule has 3 atom stereocenters. The van der Waals surface area contributed by atoms with E-state index >= 15 is 0 Å². The Balaban J connectivity index is 1.92. The van der Waals surface area contributed by atoms with Gasteiger partial charge in [0.25, 0.3) is 0 Å². The fourth-order valence-electron chi connectivity index (χ4n) is 2.87. The number of hydrogen-bond donors (Lipinski definition) is 1. The highest BCUT2D eigenvalue weighted by Crippen LogP contribution is 2.25. The van der Waals surface area contributed by atoms with Gasteiger partial charge in [-0.1, -0.05) is 26.0 Å². The van der Waals surface area contributed by atoms with E-state index in [1.165, 1.54) is 36.9 Å². The van der Waals surface area contributed by atoms with E-state index in [2.05, 4.69) is 43.4 Å². The molecule has 1 aliphatic rings. The first-order chi connectivity index (χ1) is 9.22. The monoisotopic (exact) mass is 261 g/mol. The molecular weight excluding hydrogens is 234 g/mol. The van der Waals surface area contributed by atoms with Gasteiger partial charge in [0, 0.05) is 18.8 Å². The van der Waals surface area contributed by atoms with Gasteiger partial charge in [0.05, 0.1) is 6.10 Å². The number of anilines is 1. The van der Waals surface area contributed by atoms with Crippen molar-refractivity contribution in [1.29, 1.82) is 0 Å². The summed E-state index contributed by atoms with van der Waals surface area (Å²) in [5, 5.41) is 3.65. The molecule has 106 valence electrons. The van der Waals surface area contributed by atoms with E-state index in [0.29, 0.717) is 18.1 Å². The molecule has 0 radical (unpaired) electrons. The topological polar surface area (TPSA) is 21.3 Å². The third-order valence-corrected chi connectivity index (χ3v) is 4.42. The molecule has 1 fully saturated rings. The number of nitrogens with one attached hydrogen (secondary N) is 1. The summed E-state index contributed by atoms with van der Waals surface area (Å²) in [6.07, 6.45) is 6.50. The fourth-order valence-corrected chi connectivity index (χ4v) is 2.87. The lowest BCUT2D eigenvalue weighted by atomic mass is 9.92. The van der Waals surface area contributed by atoms with Gasteiger partial charge in [-0.05, 0) is 55.7 Å². The van der Waals surface area contributed by atoms with E-state index in [0.717, 1.165) is 6.42 Å². The third kappa shape index (κ3) is 3.97. The highest BCUT2D eigenvalue weighted by Gasteiger charge is 2.21. The molecule has 0 heterocycles. The minimum Gasteiger partial charge on any atom is -0.382 e. The zero-order valence-corrected chi connectivity index (χ0v) is 12.5. The summed E-state index contributed by atoms with van der Waals surface area (Å²) in [5.74, 6) is 0.654. The number of hydrogen-bond acceptors (Lipinski definition) is 2. The van der Waals surface area contributed by atoms with Crippen LogP contribution >= 0.6 is 0 Å². The molecule has 0 bridgehead atoms. The van der Waals surface area contributed by atoms with E-state index in [4.69, 9.17) is 4.74 Å². The van der Waals surface area contributed by atoms with E-state index in [9.17, 15) is 0 Å². The second-order valence-corrected chi connectivity index (χ2v) is 5.80. The molecule has 1 saturated carbocycles. The van der Waals surface area contributed by atoms with Gasteiger partial charge in [0.15, 0.2) is 0 Å². The third-order valence-electron chi connectivity index (χ3n) is 4.42. The molecule has 2 rings (SSSR count). The Morgan fingerprint density at radius 2 is 2.00 bits per heavy atom. The van der Waals surface area contributed by atoms with Gasteiger partial charge in [0.2, 0.25) is 0 Å². The Labute approximate surface area is 117 Å². The van der Waals surface area contributed by atoms with Crippen molar-refractivity contribution in [3.8, 4) is 0 Å². The maximum absolute atomic E-state index is 5.48. The Hall–Kier alpha value is -1.02. The SMILES string of the molecule is CCC(C)c1ccc(NC2CCCC(OC)C2)cc1. The van der Waals surface area contributed by atoms with E-state index in [1.54, 1.807) is 0 Å². The minimum absolute atomic E-state index is 0.436. The standard InChI is InChI=1S/C17H27NO/c1-4-13(2)14-8-10-15(11-9-14)18-16-6-5-7-17(12-16)19-3/h8-11,13,16-18H,4-7,12H2,1-3H3. The van der Waals surface area contributed by atoms with Crippen LogP contribution < -0.4 is 5.32 Å². The quantitative estimate of drug-likeness (QED) is 0.838. The number of ether oxygens (including phenoxy) is 1. The number of methoxy groups -OCH3 is 1. The molecule has 3 unspecified atom stereocenters. The fraction of sp³-hybridized carbons (Fsp3) is 0.647. The maximum atomic E-state index is 5.48. The summed E-state index contributed by atoms with van der Waals surface area (Å²) in [5.41, 5.74) is 2.68. The van der Waals surface area contributed by atoms with Crippen molar-refractivity contribution < 1.29 is 4.74 Å². The first-order valence-electron chi connectivity index (χ1n) is 7.62. The molecule has 2 nitrogen and oxygen atoms in total. The predicted octanol–water partition coefficient (Wildman–Crippen LogP) is 4.57. The highest BCUT2D eigenvalue weighted by molar-refractivity contribution is 5.46. The maximum Gasteiger partial charge on any atom is 0.0590 e. The summed E-state index contributed by atoms with van der Waals surface area (Å²) in [4.78, 5) is 0. The van der Waals surface area contributed by atoms with Gasteiger partial charge in [-0.3, -0.25) is 0 Å². The Kier molecular flexibility index (Phi) is 5.26. The molecule has 0 amide bonds. The van der Waals surface area contributed by atoms with Crippen molar-refractivity contribution in [3.05, 3.63) is 29.8 Å². The van der Waals surface area contributed by atoms with Gasteiger partial charge < -0.3 is 10.1 Å². The lowest BCUT2D eigenvalue weighted by Crippen LogP contribution is -2.30. The predicted molar refractivity (Wildman–Crippen MR) is 81.8 cm³/mol. The molecule has 0 aromatic heterocycles. The van der Waals surface area contributed by atoms with Crippen LogP contribution in [0.2, 0.25) is 0 Å². The highest BCUT2D eigenvalue weighted by atomic mass is 16.5. The van der Waals surface area contributed by atoms with Crippen molar-refractivity contribution in [2.45, 2.75) is 64.0 Å².